The number of hydrogen-bond donors (Lipinski definition) is 1. The van der Waals surface area contributed by atoms with E-state index in [1.54, 1.807) is 30.5 Å². The predicted octanol–water partition coefficient (Wildman–Crippen LogP) is 3.81. The summed E-state index contributed by atoms with van der Waals surface area (Å²) >= 11 is 5.87. The summed E-state index contributed by atoms with van der Waals surface area (Å²) in [7, 11) is -3.55. The molecule has 1 aliphatic rings. The molecule has 0 saturated carbocycles. The highest BCUT2D eigenvalue weighted by Crippen LogP contribution is 2.22. The molecule has 2 heterocycles. The lowest BCUT2D eigenvalue weighted by molar-refractivity contribution is 0.102. The smallest absolute Gasteiger partial charge is 0.255 e. The van der Waals surface area contributed by atoms with Gasteiger partial charge in [0.05, 0.1) is 16.8 Å². The van der Waals surface area contributed by atoms with E-state index in [0.717, 1.165) is 11.4 Å². The quantitative estimate of drug-likeness (QED) is 0.613. The van der Waals surface area contributed by atoms with Crippen molar-refractivity contribution >= 4 is 39.0 Å². The van der Waals surface area contributed by atoms with Crippen LogP contribution >= 0.6 is 11.6 Å². The van der Waals surface area contributed by atoms with E-state index in [0.29, 0.717) is 42.5 Å². The number of halogens is 1. The molecule has 9 heteroatoms. The van der Waals surface area contributed by atoms with Crippen LogP contribution in [0.1, 0.15) is 15.9 Å². The fourth-order valence-corrected chi connectivity index (χ4v) is 5.13. The lowest BCUT2D eigenvalue weighted by atomic mass is 10.1. The minimum atomic E-state index is -3.55. The molecular weight excluding hydrogens is 448 g/mol. The second kappa shape index (κ2) is 9.28. The van der Waals surface area contributed by atoms with Gasteiger partial charge in [-0.2, -0.15) is 4.31 Å². The highest BCUT2D eigenvalue weighted by atomic mass is 35.5. The summed E-state index contributed by atoms with van der Waals surface area (Å²) in [6.07, 6.45) is 1.61. The standard InChI is InChI=1S/C23H23ClN4O3S/c1-17-4-2-3-5-21(17)23(29)26-19-8-11-22(25-16-19)27-12-14-28(15-13-27)32(30,31)20-9-6-18(24)7-10-20/h2-11,16H,12-15H2,1H3,(H,26,29). The molecule has 1 aliphatic heterocycles. The Bertz CT molecular complexity index is 1210. The number of piperazine rings is 1. The van der Waals surface area contributed by atoms with Gasteiger partial charge in [-0.25, -0.2) is 13.4 Å². The fraction of sp³-hybridized carbons (Fsp3) is 0.217. The Balaban J connectivity index is 1.37. The van der Waals surface area contributed by atoms with Crippen molar-refractivity contribution in [2.75, 3.05) is 36.4 Å². The van der Waals surface area contributed by atoms with E-state index in [4.69, 9.17) is 11.6 Å². The highest BCUT2D eigenvalue weighted by molar-refractivity contribution is 7.89. The van der Waals surface area contributed by atoms with Crippen LogP contribution in [-0.4, -0.2) is 49.8 Å². The molecule has 1 aromatic heterocycles. The molecule has 0 bridgehead atoms. The minimum Gasteiger partial charge on any atom is -0.354 e. The molecule has 1 fully saturated rings. The summed E-state index contributed by atoms with van der Waals surface area (Å²) in [4.78, 5) is 19.2. The molecule has 32 heavy (non-hydrogen) atoms. The number of aromatic nitrogens is 1. The van der Waals surface area contributed by atoms with Crippen molar-refractivity contribution in [2.24, 2.45) is 0 Å². The van der Waals surface area contributed by atoms with E-state index < -0.39 is 10.0 Å². The SMILES string of the molecule is Cc1ccccc1C(=O)Nc1ccc(N2CCN(S(=O)(=O)c3ccc(Cl)cc3)CC2)nc1. The van der Waals surface area contributed by atoms with Gasteiger partial charge in [-0.15, -0.1) is 0 Å². The lowest BCUT2D eigenvalue weighted by Crippen LogP contribution is -2.48. The zero-order valence-electron chi connectivity index (χ0n) is 17.5. The van der Waals surface area contributed by atoms with Crippen LogP contribution in [0.3, 0.4) is 0 Å². The third-order valence-electron chi connectivity index (χ3n) is 5.41. The maximum absolute atomic E-state index is 12.8. The molecule has 7 nitrogen and oxygen atoms in total. The highest BCUT2D eigenvalue weighted by Gasteiger charge is 2.28. The molecule has 166 valence electrons. The molecule has 3 aromatic rings. The topological polar surface area (TPSA) is 82.6 Å². The Morgan fingerprint density at radius 1 is 0.969 bits per heavy atom. The molecule has 0 atom stereocenters. The van der Waals surface area contributed by atoms with Gasteiger partial charge >= 0.3 is 0 Å². The summed E-state index contributed by atoms with van der Waals surface area (Å²) in [6, 6.07) is 17.2. The maximum Gasteiger partial charge on any atom is 0.255 e. The number of carbonyl (C=O) groups is 1. The van der Waals surface area contributed by atoms with Gasteiger partial charge in [-0.3, -0.25) is 4.79 Å². The minimum absolute atomic E-state index is 0.182. The number of aryl methyl sites for hydroxylation is 1. The van der Waals surface area contributed by atoms with Crippen molar-refractivity contribution in [3.63, 3.8) is 0 Å². The Labute approximate surface area is 192 Å². The van der Waals surface area contributed by atoms with Crippen molar-refractivity contribution < 1.29 is 13.2 Å². The van der Waals surface area contributed by atoms with Gasteiger partial charge in [-0.05, 0) is 55.0 Å². The van der Waals surface area contributed by atoms with Crippen LogP contribution in [0.5, 0.6) is 0 Å². The molecule has 0 radical (unpaired) electrons. The van der Waals surface area contributed by atoms with E-state index >= 15 is 0 Å². The van der Waals surface area contributed by atoms with Gasteiger partial charge in [0.15, 0.2) is 0 Å². The van der Waals surface area contributed by atoms with Crippen molar-refractivity contribution in [1.29, 1.82) is 0 Å². The Morgan fingerprint density at radius 3 is 2.28 bits per heavy atom. The second-order valence-electron chi connectivity index (χ2n) is 7.52. The zero-order valence-corrected chi connectivity index (χ0v) is 19.1. The predicted molar refractivity (Wildman–Crippen MR) is 126 cm³/mol. The molecule has 0 aliphatic carbocycles. The summed E-state index contributed by atoms with van der Waals surface area (Å²) in [5.41, 5.74) is 2.13. The van der Waals surface area contributed by atoms with Crippen LogP contribution in [-0.2, 0) is 10.0 Å². The Morgan fingerprint density at radius 2 is 1.66 bits per heavy atom. The van der Waals surface area contributed by atoms with Crippen LogP contribution in [0.15, 0.2) is 71.8 Å². The van der Waals surface area contributed by atoms with Crippen molar-refractivity contribution in [3.8, 4) is 0 Å². The van der Waals surface area contributed by atoms with E-state index in [9.17, 15) is 13.2 Å². The van der Waals surface area contributed by atoms with Gasteiger partial charge in [0.25, 0.3) is 5.91 Å². The molecule has 0 spiro atoms. The molecule has 1 saturated heterocycles. The van der Waals surface area contributed by atoms with Gasteiger partial charge in [0.2, 0.25) is 10.0 Å². The number of anilines is 2. The molecule has 1 N–H and O–H groups in total. The molecule has 4 rings (SSSR count). The number of nitrogens with one attached hydrogen (secondary N) is 1. The lowest BCUT2D eigenvalue weighted by Gasteiger charge is -2.34. The first kappa shape index (κ1) is 22.3. The van der Waals surface area contributed by atoms with E-state index in [-0.39, 0.29) is 10.8 Å². The van der Waals surface area contributed by atoms with Crippen LogP contribution in [0.4, 0.5) is 11.5 Å². The molecular formula is C23H23ClN4O3S. The largest absolute Gasteiger partial charge is 0.354 e. The molecule has 0 unspecified atom stereocenters. The first-order valence-electron chi connectivity index (χ1n) is 10.2. The number of hydrogen-bond acceptors (Lipinski definition) is 5. The van der Waals surface area contributed by atoms with Crippen LogP contribution in [0.2, 0.25) is 5.02 Å². The summed E-state index contributed by atoms with van der Waals surface area (Å²) in [6.45, 7) is 3.66. The Kier molecular flexibility index (Phi) is 6.45. The van der Waals surface area contributed by atoms with Crippen molar-refractivity contribution in [2.45, 2.75) is 11.8 Å². The van der Waals surface area contributed by atoms with Crippen LogP contribution in [0, 0.1) is 6.92 Å². The number of amides is 1. The average molecular weight is 471 g/mol. The number of rotatable bonds is 5. The van der Waals surface area contributed by atoms with E-state index in [1.807, 2.05) is 36.1 Å². The molecule has 2 aromatic carbocycles. The van der Waals surface area contributed by atoms with Gasteiger partial charge in [0.1, 0.15) is 5.82 Å². The van der Waals surface area contributed by atoms with Gasteiger partial charge < -0.3 is 10.2 Å². The van der Waals surface area contributed by atoms with Crippen molar-refractivity contribution in [1.82, 2.24) is 9.29 Å². The first-order chi connectivity index (χ1) is 15.3. The number of pyridine rings is 1. The first-order valence-corrected chi connectivity index (χ1v) is 12.0. The number of sulfonamides is 1. The second-order valence-corrected chi connectivity index (χ2v) is 9.89. The van der Waals surface area contributed by atoms with Gasteiger partial charge in [0, 0.05) is 36.8 Å². The monoisotopic (exact) mass is 470 g/mol. The van der Waals surface area contributed by atoms with Crippen molar-refractivity contribution in [3.05, 3.63) is 83.0 Å². The molecule has 1 amide bonds. The Hall–Kier alpha value is -2.94. The van der Waals surface area contributed by atoms with Gasteiger partial charge in [-0.1, -0.05) is 29.8 Å². The summed E-state index contributed by atoms with van der Waals surface area (Å²) < 4.78 is 27.2. The number of carbonyl (C=O) groups excluding carboxylic acids is 1. The summed E-state index contributed by atoms with van der Waals surface area (Å²) in [5.74, 6) is 0.557. The average Bonchev–Trinajstić information content (AvgIpc) is 2.80. The van der Waals surface area contributed by atoms with Crippen LogP contribution in [0.25, 0.3) is 0 Å². The summed E-state index contributed by atoms with van der Waals surface area (Å²) in [5, 5.41) is 3.36. The maximum atomic E-state index is 12.8. The van der Waals surface area contributed by atoms with Crippen LogP contribution < -0.4 is 10.2 Å². The number of nitrogens with zero attached hydrogens (tertiary/aromatic N) is 3. The fourth-order valence-electron chi connectivity index (χ4n) is 3.59. The third-order valence-corrected chi connectivity index (χ3v) is 7.57. The van der Waals surface area contributed by atoms with E-state index in [2.05, 4.69) is 10.3 Å². The normalized spacial score (nSPS) is 14.9. The number of benzene rings is 2. The zero-order chi connectivity index (χ0) is 22.7. The van der Waals surface area contributed by atoms with E-state index in [1.165, 1.54) is 16.4 Å². The third kappa shape index (κ3) is 4.77.